The average molecular weight is 602 g/mol. The van der Waals surface area contributed by atoms with Gasteiger partial charge in [-0.3, -0.25) is 4.79 Å². The minimum atomic E-state index is -3.52. The van der Waals surface area contributed by atoms with E-state index >= 15 is 0 Å². The molecule has 11 heteroatoms. The molecule has 1 aliphatic carbocycles. The molecular weight excluding hydrogens is 568 g/mol. The Morgan fingerprint density at radius 3 is 1.46 bits per heavy atom. The highest BCUT2D eigenvalue weighted by molar-refractivity contribution is 7.95. The smallest absolute Gasteiger partial charge is 0.200 e. The van der Waals surface area contributed by atoms with Gasteiger partial charge < -0.3 is 20.1 Å². The molecule has 0 bridgehead atoms. The van der Waals surface area contributed by atoms with Crippen LogP contribution >= 0.6 is 0 Å². The van der Waals surface area contributed by atoms with Crippen molar-refractivity contribution in [1.29, 1.82) is 0 Å². The van der Waals surface area contributed by atoms with Gasteiger partial charge in [0, 0.05) is 11.0 Å². The zero-order valence-corrected chi connectivity index (χ0v) is 26.4. The van der Waals surface area contributed by atoms with E-state index < -0.39 is 36.3 Å². The first-order valence-electron chi connectivity index (χ1n) is 12.7. The van der Waals surface area contributed by atoms with Crippen molar-refractivity contribution in [3.05, 3.63) is 84.0 Å². The fraction of sp³-hybridized carbons (Fsp3) is 0.367. The van der Waals surface area contributed by atoms with Crippen LogP contribution in [-0.2, 0) is 24.4 Å². The van der Waals surface area contributed by atoms with Crippen LogP contribution in [-0.4, -0.2) is 27.6 Å². The minimum Gasteiger partial charge on any atom is -0.872 e. The number of rotatable bonds is 0. The van der Waals surface area contributed by atoms with E-state index in [-0.39, 0.29) is 16.4 Å². The van der Waals surface area contributed by atoms with Gasteiger partial charge in [0.1, 0.15) is 4.93 Å². The van der Waals surface area contributed by atoms with Gasteiger partial charge in [0.05, 0.1) is 16.2 Å². The molecule has 0 fully saturated rings. The lowest BCUT2D eigenvalue weighted by Gasteiger charge is -2.25. The van der Waals surface area contributed by atoms with Crippen LogP contribution in [0.3, 0.4) is 0 Å². The topological polar surface area (TPSA) is 164 Å². The summed E-state index contributed by atoms with van der Waals surface area (Å²) >= 11 is 0. The maximum Gasteiger partial charge on any atom is 0.200 e. The summed E-state index contributed by atoms with van der Waals surface area (Å²) < 4.78 is 49.9. The van der Waals surface area contributed by atoms with E-state index in [9.17, 15) is 36.9 Å². The summed E-state index contributed by atoms with van der Waals surface area (Å²) in [5, 5.41) is 35.2. The van der Waals surface area contributed by atoms with Gasteiger partial charge in [-0.15, -0.1) is 0 Å². The third-order valence-electron chi connectivity index (χ3n) is 8.15. The molecule has 0 saturated carbocycles. The molecule has 0 radical (unpaired) electrons. The first-order valence-corrected chi connectivity index (χ1v) is 15.8. The van der Waals surface area contributed by atoms with E-state index in [2.05, 4.69) is 4.74 Å². The first-order chi connectivity index (χ1) is 18.6. The standard InChI is InChI=1S/C13H14O2.C12H14O3S.C5H8O4S/c1-6-7(2)9(4)13-11(15)5-10(14)12(13)8(6)3;1-6-7(2)9(4)12-11(8(6)3)10(13)5-16(12,14)15;1-5(2)9-4(6)3-10(5,7)8/h5,14H,1-4H3;5,13H,1-4H3;3,6H,1-2H3/p-3. The first kappa shape index (κ1) is 32.0. The van der Waals surface area contributed by atoms with Gasteiger partial charge >= 0.3 is 0 Å². The predicted molar refractivity (Wildman–Crippen MR) is 150 cm³/mol. The number of ketones is 1. The van der Waals surface area contributed by atoms with Crippen molar-refractivity contribution in [2.24, 2.45) is 0 Å². The van der Waals surface area contributed by atoms with Gasteiger partial charge in [-0.05, 0) is 131 Å². The van der Waals surface area contributed by atoms with E-state index in [1.165, 1.54) is 19.9 Å². The van der Waals surface area contributed by atoms with Crippen molar-refractivity contribution in [2.45, 2.75) is 79.1 Å². The Morgan fingerprint density at radius 1 is 0.610 bits per heavy atom. The Bertz CT molecular complexity index is 1820. The second-order valence-electron chi connectivity index (χ2n) is 10.8. The van der Waals surface area contributed by atoms with Crippen molar-refractivity contribution in [2.75, 3.05) is 0 Å². The van der Waals surface area contributed by atoms with Crippen molar-refractivity contribution in [1.82, 2.24) is 0 Å². The monoisotopic (exact) mass is 601 g/mol. The average Bonchev–Trinajstić information content (AvgIpc) is 3.35. The maximum atomic E-state index is 11.8. The summed E-state index contributed by atoms with van der Waals surface area (Å²) in [7, 11) is -6.99. The number of ether oxygens (including phenoxy) is 1. The molecule has 0 atom stereocenters. The van der Waals surface area contributed by atoms with Crippen LogP contribution in [0.15, 0.2) is 27.7 Å². The molecule has 41 heavy (non-hydrogen) atoms. The molecule has 2 aliphatic heterocycles. The molecule has 2 heterocycles. The molecule has 0 spiro atoms. The lowest BCUT2D eigenvalue weighted by Crippen LogP contribution is -2.28. The lowest BCUT2D eigenvalue weighted by molar-refractivity contribution is -0.361. The highest BCUT2D eigenvalue weighted by Gasteiger charge is 2.34. The Labute approximate surface area is 241 Å². The van der Waals surface area contributed by atoms with Crippen LogP contribution in [0.25, 0.3) is 11.5 Å². The SMILES string of the molecule is CC1(C)OC([O-])=CS1(=O)=O.Cc1c(C)c(C)c2c(c1C)C(=O)C=C2[O-].Cc1c(C)c(C)c2c(c1C)C([O-])=CS2(=O)=O. The van der Waals surface area contributed by atoms with Crippen LogP contribution in [0, 0.1) is 55.4 Å². The van der Waals surface area contributed by atoms with Crippen molar-refractivity contribution >= 4 is 37.0 Å². The predicted octanol–water partition coefficient (Wildman–Crippen LogP) is 2.51. The van der Waals surface area contributed by atoms with Gasteiger partial charge in [0.25, 0.3) is 0 Å². The van der Waals surface area contributed by atoms with Crippen molar-refractivity contribution in [3.63, 3.8) is 0 Å². The second kappa shape index (κ2) is 10.4. The molecule has 3 aliphatic rings. The summed E-state index contributed by atoms with van der Waals surface area (Å²) in [5.74, 6) is -1.46. The van der Waals surface area contributed by atoms with Crippen LogP contribution < -0.4 is 15.3 Å². The number of allylic oxidation sites excluding steroid dienone is 1. The van der Waals surface area contributed by atoms with Crippen molar-refractivity contribution < 1.29 is 41.7 Å². The summed E-state index contributed by atoms with van der Waals surface area (Å²) in [6, 6.07) is 0. The second-order valence-corrected chi connectivity index (χ2v) is 14.9. The highest BCUT2D eigenvalue weighted by atomic mass is 32.2. The Balaban J connectivity index is 0.000000174. The third-order valence-corrected chi connectivity index (χ3v) is 11.7. The molecule has 0 saturated heterocycles. The van der Waals surface area contributed by atoms with Gasteiger partial charge in [0.2, 0.25) is 0 Å². The van der Waals surface area contributed by atoms with Gasteiger partial charge in [-0.25, -0.2) is 16.8 Å². The molecule has 222 valence electrons. The summed E-state index contributed by atoms with van der Waals surface area (Å²) in [6.45, 7) is 17.8. The quantitative estimate of drug-likeness (QED) is 0.441. The molecule has 9 nitrogen and oxygen atoms in total. The fourth-order valence-electron chi connectivity index (χ4n) is 4.97. The van der Waals surface area contributed by atoms with E-state index in [0.29, 0.717) is 27.7 Å². The Morgan fingerprint density at radius 2 is 1.05 bits per heavy atom. The lowest BCUT2D eigenvalue weighted by atomic mass is 9.89. The van der Waals surface area contributed by atoms with Gasteiger partial charge in [-0.2, -0.15) is 0 Å². The van der Waals surface area contributed by atoms with Crippen LogP contribution in [0.1, 0.15) is 79.8 Å². The largest absolute Gasteiger partial charge is 0.872 e. The zero-order chi connectivity index (χ0) is 31.6. The van der Waals surface area contributed by atoms with E-state index in [0.717, 1.165) is 44.4 Å². The van der Waals surface area contributed by atoms with E-state index in [1.54, 1.807) is 13.8 Å². The maximum absolute atomic E-state index is 11.8. The number of carbonyl (C=O) groups excluding carboxylic acids is 1. The molecule has 2 aromatic rings. The Hall–Kier alpha value is -3.57. The van der Waals surface area contributed by atoms with Crippen LogP contribution in [0.2, 0.25) is 0 Å². The molecular formula is C30H33O9S2-3. The summed E-state index contributed by atoms with van der Waals surface area (Å²) in [6.07, 6.45) is 1.20. The number of carbonyl (C=O) groups is 1. The summed E-state index contributed by atoms with van der Waals surface area (Å²) in [4.78, 5) is 10.5. The minimum absolute atomic E-state index is 0.140. The zero-order valence-electron chi connectivity index (χ0n) is 24.7. The molecule has 0 unspecified atom stereocenters. The molecule has 0 amide bonds. The number of sulfone groups is 2. The Kier molecular flexibility index (Phi) is 8.08. The van der Waals surface area contributed by atoms with E-state index in [1.807, 2.05) is 41.5 Å². The van der Waals surface area contributed by atoms with Gasteiger partial charge in [0.15, 0.2) is 25.5 Å². The number of benzene rings is 2. The van der Waals surface area contributed by atoms with E-state index in [4.69, 9.17) is 0 Å². The van der Waals surface area contributed by atoms with Crippen molar-refractivity contribution in [3.8, 4) is 0 Å². The number of fused-ring (bicyclic) bond motifs is 2. The molecule has 5 rings (SSSR count). The summed E-state index contributed by atoms with van der Waals surface area (Å²) in [5.41, 5.74) is 9.12. The van der Waals surface area contributed by atoms with Crippen LogP contribution in [0.5, 0.6) is 0 Å². The van der Waals surface area contributed by atoms with Gasteiger partial charge in [-0.1, -0.05) is 11.5 Å². The number of hydrogen-bond donors (Lipinski definition) is 0. The highest BCUT2D eigenvalue weighted by Crippen LogP contribution is 2.39. The van der Waals surface area contributed by atoms with Crippen LogP contribution in [0.4, 0.5) is 0 Å². The normalized spacial score (nSPS) is 18.5. The number of hydrogen-bond acceptors (Lipinski definition) is 9. The molecule has 0 N–H and O–H groups in total. The molecule has 2 aromatic carbocycles. The fourth-order valence-corrected chi connectivity index (χ4v) is 7.39. The molecule has 0 aromatic heterocycles. The third kappa shape index (κ3) is 5.28.